The number of rotatable bonds is 3. The van der Waals surface area contributed by atoms with E-state index >= 15 is 0 Å². The molecular formula is C6H12N4S2. The second-order valence-corrected chi connectivity index (χ2v) is 5.14. The maximum Gasteiger partial charge on any atom is 0.0385 e. The predicted octanol–water partition coefficient (Wildman–Crippen LogP) is 1.99. The Bertz CT molecular complexity index is 161. The highest BCUT2D eigenvalue weighted by Gasteiger charge is 2.07. The fraction of sp³-hybridized carbons (Fsp3) is 1.00. The van der Waals surface area contributed by atoms with Crippen molar-refractivity contribution < 1.29 is 0 Å². The molecule has 0 aromatic carbocycles. The SMILES string of the molecule is [N-]=[N+]=NCCN1CCSSCC1. The molecule has 1 saturated heterocycles. The predicted molar refractivity (Wildman–Crippen MR) is 55.4 cm³/mol. The molecule has 0 saturated carbocycles. The summed E-state index contributed by atoms with van der Waals surface area (Å²) in [4.78, 5) is 5.08. The monoisotopic (exact) mass is 204 g/mol. The lowest BCUT2D eigenvalue weighted by Crippen LogP contribution is -2.29. The topological polar surface area (TPSA) is 52.0 Å². The number of nitrogens with zero attached hydrogens (tertiary/aromatic N) is 4. The van der Waals surface area contributed by atoms with E-state index in [0.29, 0.717) is 6.54 Å². The number of azide groups is 1. The van der Waals surface area contributed by atoms with Crippen molar-refractivity contribution in [3.63, 3.8) is 0 Å². The largest absolute Gasteiger partial charge is 0.302 e. The molecule has 0 radical (unpaired) electrons. The average Bonchev–Trinajstić information content (AvgIpc) is 2.33. The van der Waals surface area contributed by atoms with E-state index in [1.54, 1.807) is 0 Å². The molecule has 1 aliphatic rings. The van der Waals surface area contributed by atoms with Crippen molar-refractivity contribution in [1.82, 2.24) is 4.90 Å². The quantitative estimate of drug-likeness (QED) is 0.306. The lowest BCUT2D eigenvalue weighted by molar-refractivity contribution is 0.319. The van der Waals surface area contributed by atoms with Crippen molar-refractivity contribution in [3.05, 3.63) is 10.4 Å². The van der Waals surface area contributed by atoms with Gasteiger partial charge in [0.25, 0.3) is 0 Å². The summed E-state index contributed by atoms with van der Waals surface area (Å²) in [5.41, 5.74) is 8.08. The first-order valence-corrected chi connectivity index (χ1v) is 6.40. The lowest BCUT2D eigenvalue weighted by atomic mass is 10.5. The summed E-state index contributed by atoms with van der Waals surface area (Å²) in [6.45, 7) is 3.76. The van der Waals surface area contributed by atoms with Crippen LogP contribution in [0.4, 0.5) is 0 Å². The molecule has 0 bridgehead atoms. The summed E-state index contributed by atoms with van der Waals surface area (Å²) >= 11 is 0. The fourth-order valence-electron chi connectivity index (χ4n) is 1.02. The van der Waals surface area contributed by atoms with Crippen molar-refractivity contribution in [1.29, 1.82) is 0 Å². The van der Waals surface area contributed by atoms with Gasteiger partial charge in [0.2, 0.25) is 0 Å². The van der Waals surface area contributed by atoms with Crippen LogP contribution in [0.15, 0.2) is 5.11 Å². The van der Waals surface area contributed by atoms with Gasteiger partial charge in [0.15, 0.2) is 0 Å². The Labute approximate surface area is 80.1 Å². The Hall–Kier alpha value is -0.0300. The van der Waals surface area contributed by atoms with E-state index in [9.17, 15) is 0 Å². The number of hydrogen-bond donors (Lipinski definition) is 0. The van der Waals surface area contributed by atoms with E-state index in [1.165, 1.54) is 11.5 Å². The van der Waals surface area contributed by atoms with Crippen LogP contribution in [0.2, 0.25) is 0 Å². The van der Waals surface area contributed by atoms with Crippen molar-refractivity contribution in [2.45, 2.75) is 0 Å². The molecule has 0 aliphatic carbocycles. The Morgan fingerprint density at radius 1 is 1.33 bits per heavy atom. The third-order valence-corrected chi connectivity index (χ3v) is 4.01. The second-order valence-electron chi connectivity index (χ2n) is 2.44. The summed E-state index contributed by atoms with van der Waals surface area (Å²) in [6.07, 6.45) is 0. The molecule has 0 N–H and O–H groups in total. The van der Waals surface area contributed by atoms with Gasteiger partial charge in [-0.1, -0.05) is 26.7 Å². The second kappa shape index (κ2) is 6.48. The molecule has 68 valence electrons. The highest BCUT2D eigenvalue weighted by atomic mass is 33.1. The van der Waals surface area contributed by atoms with E-state index in [0.717, 1.165) is 19.6 Å². The van der Waals surface area contributed by atoms with Crippen molar-refractivity contribution >= 4 is 21.6 Å². The van der Waals surface area contributed by atoms with E-state index in [-0.39, 0.29) is 0 Å². The highest BCUT2D eigenvalue weighted by molar-refractivity contribution is 8.76. The zero-order chi connectivity index (χ0) is 8.65. The molecule has 1 fully saturated rings. The Balaban J connectivity index is 2.15. The Morgan fingerprint density at radius 3 is 2.58 bits per heavy atom. The highest BCUT2D eigenvalue weighted by Crippen LogP contribution is 2.23. The van der Waals surface area contributed by atoms with Crippen LogP contribution in [0.25, 0.3) is 10.4 Å². The van der Waals surface area contributed by atoms with Gasteiger partial charge in [-0.05, 0) is 5.53 Å². The zero-order valence-electron chi connectivity index (χ0n) is 6.85. The zero-order valence-corrected chi connectivity index (χ0v) is 8.48. The smallest absolute Gasteiger partial charge is 0.0385 e. The van der Waals surface area contributed by atoms with Gasteiger partial charge >= 0.3 is 0 Å². The third-order valence-electron chi connectivity index (χ3n) is 1.64. The van der Waals surface area contributed by atoms with Gasteiger partial charge in [0.05, 0.1) is 0 Å². The van der Waals surface area contributed by atoms with Gasteiger partial charge in [-0.15, -0.1) is 0 Å². The molecule has 0 spiro atoms. The van der Waals surface area contributed by atoms with Crippen LogP contribution in [0.1, 0.15) is 0 Å². The van der Waals surface area contributed by atoms with E-state index in [1.807, 2.05) is 21.6 Å². The molecule has 4 nitrogen and oxygen atoms in total. The first-order chi connectivity index (χ1) is 5.93. The molecule has 0 aromatic heterocycles. The molecule has 1 rings (SSSR count). The van der Waals surface area contributed by atoms with Crippen molar-refractivity contribution in [2.24, 2.45) is 5.11 Å². The Morgan fingerprint density at radius 2 is 2.00 bits per heavy atom. The molecule has 12 heavy (non-hydrogen) atoms. The maximum atomic E-state index is 8.08. The minimum absolute atomic E-state index is 0.603. The normalized spacial score (nSPS) is 19.7. The van der Waals surface area contributed by atoms with Gasteiger partial charge in [0.1, 0.15) is 0 Å². The average molecular weight is 204 g/mol. The summed E-state index contributed by atoms with van der Waals surface area (Å²) in [5, 5.41) is 3.52. The fourth-order valence-corrected chi connectivity index (χ4v) is 3.07. The van der Waals surface area contributed by atoms with Gasteiger partial charge in [-0.25, -0.2) is 0 Å². The van der Waals surface area contributed by atoms with Crippen LogP contribution < -0.4 is 0 Å². The van der Waals surface area contributed by atoms with Gasteiger partial charge < -0.3 is 4.90 Å². The van der Waals surface area contributed by atoms with Crippen LogP contribution in [-0.2, 0) is 0 Å². The standard InChI is InChI=1S/C6H12N4S2/c7-9-8-1-2-10-3-5-11-12-6-4-10/h1-6H2. The molecule has 1 heterocycles. The number of hydrogen-bond acceptors (Lipinski definition) is 4. The Kier molecular flexibility index (Phi) is 5.43. The third kappa shape index (κ3) is 4.11. The maximum absolute atomic E-state index is 8.08. The molecule has 0 atom stereocenters. The molecule has 6 heteroatoms. The summed E-state index contributed by atoms with van der Waals surface area (Å²) in [7, 11) is 3.86. The minimum atomic E-state index is 0.603. The summed E-state index contributed by atoms with van der Waals surface area (Å²) < 4.78 is 0. The molecule has 0 amide bonds. The van der Waals surface area contributed by atoms with E-state index in [4.69, 9.17) is 5.53 Å². The first-order valence-electron chi connectivity index (χ1n) is 3.91. The molecule has 0 unspecified atom stereocenters. The van der Waals surface area contributed by atoms with Gasteiger partial charge in [0, 0.05) is 42.6 Å². The van der Waals surface area contributed by atoms with Crippen LogP contribution >= 0.6 is 21.6 Å². The lowest BCUT2D eigenvalue weighted by Gasteiger charge is -2.16. The van der Waals surface area contributed by atoms with Crippen molar-refractivity contribution in [3.8, 4) is 0 Å². The molecule has 1 aliphatic heterocycles. The van der Waals surface area contributed by atoms with Crippen molar-refractivity contribution in [2.75, 3.05) is 37.7 Å². The first kappa shape index (κ1) is 10.1. The van der Waals surface area contributed by atoms with Crippen LogP contribution in [-0.4, -0.2) is 42.6 Å². The van der Waals surface area contributed by atoms with Gasteiger partial charge in [-0.2, -0.15) is 0 Å². The van der Waals surface area contributed by atoms with E-state index < -0.39 is 0 Å². The van der Waals surface area contributed by atoms with Gasteiger partial charge in [-0.3, -0.25) is 0 Å². The molecular weight excluding hydrogens is 192 g/mol. The van der Waals surface area contributed by atoms with Crippen LogP contribution in [0.5, 0.6) is 0 Å². The minimum Gasteiger partial charge on any atom is -0.302 e. The van der Waals surface area contributed by atoms with Crippen LogP contribution in [0.3, 0.4) is 0 Å². The summed E-state index contributed by atoms with van der Waals surface area (Å²) in [6, 6.07) is 0. The summed E-state index contributed by atoms with van der Waals surface area (Å²) in [5.74, 6) is 2.36. The molecule has 0 aromatic rings. The van der Waals surface area contributed by atoms with Crippen LogP contribution in [0, 0.1) is 0 Å². The van der Waals surface area contributed by atoms with E-state index in [2.05, 4.69) is 14.9 Å².